The van der Waals surface area contributed by atoms with Crippen molar-refractivity contribution < 1.29 is 9.72 Å². The summed E-state index contributed by atoms with van der Waals surface area (Å²) < 4.78 is 1.23. The normalized spacial score (nSPS) is 11.5. The highest BCUT2D eigenvalue weighted by Gasteiger charge is 2.22. The van der Waals surface area contributed by atoms with Crippen LogP contribution in [-0.2, 0) is 4.79 Å². The highest BCUT2D eigenvalue weighted by molar-refractivity contribution is 5.94. The van der Waals surface area contributed by atoms with E-state index in [2.05, 4.69) is 10.4 Å². The van der Waals surface area contributed by atoms with Gasteiger partial charge in [0.25, 0.3) is 0 Å². The fraction of sp³-hybridized carbons (Fsp3) is 0.214. The van der Waals surface area contributed by atoms with E-state index in [0.29, 0.717) is 11.3 Å². The number of nitrogens with one attached hydrogen (secondary N) is 1. The molecule has 0 radical (unpaired) electrons. The molecule has 1 atom stereocenters. The Morgan fingerprint density at radius 2 is 2.18 bits per heavy atom. The van der Waals surface area contributed by atoms with E-state index in [1.54, 1.807) is 31.2 Å². The summed E-state index contributed by atoms with van der Waals surface area (Å²) in [6, 6.07) is 7.82. The summed E-state index contributed by atoms with van der Waals surface area (Å²) >= 11 is 0. The van der Waals surface area contributed by atoms with Gasteiger partial charge in [0, 0.05) is 0 Å². The van der Waals surface area contributed by atoms with Crippen molar-refractivity contribution in [2.45, 2.75) is 19.9 Å². The molecule has 1 aromatic carbocycles. The van der Waals surface area contributed by atoms with E-state index in [1.807, 2.05) is 6.07 Å². The molecule has 0 bridgehead atoms. The largest absolute Gasteiger partial charge is 0.323 e. The van der Waals surface area contributed by atoms with Gasteiger partial charge in [-0.25, -0.2) is 0 Å². The van der Waals surface area contributed by atoms with Gasteiger partial charge in [0.2, 0.25) is 5.91 Å². The summed E-state index contributed by atoms with van der Waals surface area (Å²) in [5, 5.41) is 26.4. The van der Waals surface area contributed by atoms with Crippen molar-refractivity contribution >= 4 is 17.3 Å². The maximum Gasteiger partial charge on any atom is 0.309 e. The molecule has 1 heterocycles. The summed E-state index contributed by atoms with van der Waals surface area (Å²) in [4.78, 5) is 22.5. The van der Waals surface area contributed by atoms with Crippen LogP contribution in [0.1, 0.15) is 24.2 Å². The van der Waals surface area contributed by atoms with Gasteiger partial charge in [-0.15, -0.1) is 0 Å². The monoisotopic (exact) mass is 299 g/mol. The number of nitro groups is 1. The third kappa shape index (κ3) is 2.93. The minimum Gasteiger partial charge on any atom is -0.323 e. The zero-order valence-corrected chi connectivity index (χ0v) is 12.0. The molecule has 1 N–H and O–H groups in total. The van der Waals surface area contributed by atoms with Crippen LogP contribution in [0.25, 0.3) is 0 Å². The van der Waals surface area contributed by atoms with Gasteiger partial charge in [-0.3, -0.25) is 19.6 Å². The summed E-state index contributed by atoms with van der Waals surface area (Å²) in [5.41, 5.74) is 0.824. The quantitative estimate of drug-likeness (QED) is 0.686. The maximum absolute atomic E-state index is 12.2. The molecule has 112 valence electrons. The Morgan fingerprint density at radius 1 is 1.50 bits per heavy atom. The predicted octanol–water partition coefficient (Wildman–Crippen LogP) is 2.17. The summed E-state index contributed by atoms with van der Waals surface area (Å²) in [6.45, 7) is 3.07. The number of hydrogen-bond donors (Lipinski definition) is 1. The molecular formula is C14H13N5O3. The zero-order chi connectivity index (χ0) is 16.3. The fourth-order valence-electron chi connectivity index (χ4n) is 1.90. The van der Waals surface area contributed by atoms with Gasteiger partial charge in [-0.2, -0.15) is 10.4 Å². The zero-order valence-electron chi connectivity index (χ0n) is 12.0. The van der Waals surface area contributed by atoms with Crippen LogP contribution in [0.3, 0.4) is 0 Å². The molecular weight excluding hydrogens is 286 g/mol. The minimum atomic E-state index is -0.751. The van der Waals surface area contributed by atoms with Crippen molar-refractivity contribution in [1.29, 1.82) is 5.26 Å². The van der Waals surface area contributed by atoms with Crippen molar-refractivity contribution in [2.24, 2.45) is 0 Å². The molecule has 1 aromatic heterocycles. The maximum atomic E-state index is 12.2. The lowest BCUT2D eigenvalue weighted by Crippen LogP contribution is -2.24. The van der Waals surface area contributed by atoms with Crippen LogP contribution < -0.4 is 5.32 Å². The van der Waals surface area contributed by atoms with Crippen LogP contribution >= 0.6 is 0 Å². The van der Waals surface area contributed by atoms with Crippen LogP contribution in [0.2, 0.25) is 0 Å². The number of aromatic nitrogens is 2. The lowest BCUT2D eigenvalue weighted by Gasteiger charge is -2.13. The lowest BCUT2D eigenvalue weighted by molar-refractivity contribution is -0.385. The number of hydrogen-bond acceptors (Lipinski definition) is 5. The molecule has 22 heavy (non-hydrogen) atoms. The molecule has 1 unspecified atom stereocenters. The van der Waals surface area contributed by atoms with E-state index in [9.17, 15) is 14.9 Å². The lowest BCUT2D eigenvalue weighted by atomic mass is 10.2. The summed E-state index contributed by atoms with van der Waals surface area (Å²) in [7, 11) is 0. The van der Waals surface area contributed by atoms with Gasteiger partial charge in [0.1, 0.15) is 24.0 Å². The molecule has 8 nitrogen and oxygen atoms in total. The van der Waals surface area contributed by atoms with Crippen molar-refractivity contribution in [2.75, 3.05) is 5.32 Å². The Kier molecular flexibility index (Phi) is 4.18. The SMILES string of the molecule is Cc1nn(C(C)C(=O)Nc2ccccc2C#N)cc1[N+](=O)[O-]. The Hall–Kier alpha value is -3.21. The number of anilines is 1. The third-order valence-electron chi connectivity index (χ3n) is 3.17. The standard InChI is InChI=1S/C14H13N5O3/c1-9-13(19(21)22)8-18(17-9)10(2)14(20)16-12-6-4-3-5-11(12)7-15/h3-6,8,10H,1-2H3,(H,16,20). The average Bonchev–Trinajstić information content (AvgIpc) is 2.89. The van der Waals surface area contributed by atoms with Crippen LogP contribution in [0, 0.1) is 28.4 Å². The van der Waals surface area contributed by atoms with Gasteiger partial charge >= 0.3 is 5.69 Å². The van der Waals surface area contributed by atoms with Crippen molar-refractivity contribution in [3.05, 3.63) is 51.8 Å². The number of rotatable bonds is 4. The van der Waals surface area contributed by atoms with E-state index >= 15 is 0 Å². The first-order chi connectivity index (χ1) is 10.4. The predicted molar refractivity (Wildman–Crippen MR) is 78.1 cm³/mol. The first kappa shape index (κ1) is 15.2. The molecule has 0 aliphatic rings. The first-order valence-corrected chi connectivity index (χ1v) is 6.44. The number of amides is 1. The van der Waals surface area contributed by atoms with E-state index in [1.165, 1.54) is 17.8 Å². The third-order valence-corrected chi connectivity index (χ3v) is 3.17. The molecule has 0 saturated carbocycles. The minimum absolute atomic E-state index is 0.142. The highest BCUT2D eigenvalue weighted by Crippen LogP contribution is 2.20. The Balaban J connectivity index is 2.21. The molecule has 0 spiro atoms. The van der Waals surface area contributed by atoms with Gasteiger partial charge < -0.3 is 5.32 Å². The summed E-state index contributed by atoms with van der Waals surface area (Å²) in [5.74, 6) is -0.417. The smallest absolute Gasteiger partial charge is 0.309 e. The summed E-state index contributed by atoms with van der Waals surface area (Å²) in [6.07, 6.45) is 1.22. The van der Waals surface area contributed by atoms with Crippen molar-refractivity contribution in [3.63, 3.8) is 0 Å². The molecule has 2 rings (SSSR count). The number of carbonyl (C=O) groups is 1. The molecule has 0 saturated heterocycles. The van der Waals surface area contributed by atoms with Crippen LogP contribution in [0.15, 0.2) is 30.5 Å². The number of para-hydroxylation sites is 1. The number of benzene rings is 1. The number of nitriles is 1. The second kappa shape index (κ2) is 6.05. The van der Waals surface area contributed by atoms with Crippen LogP contribution in [-0.4, -0.2) is 20.6 Å². The first-order valence-electron chi connectivity index (χ1n) is 6.44. The number of aryl methyl sites for hydroxylation is 1. The molecule has 2 aromatic rings. The fourth-order valence-corrected chi connectivity index (χ4v) is 1.90. The molecule has 1 amide bonds. The average molecular weight is 299 g/mol. The molecule has 8 heteroatoms. The van der Waals surface area contributed by atoms with Gasteiger partial charge in [-0.05, 0) is 26.0 Å². The van der Waals surface area contributed by atoms with Crippen LogP contribution in [0.5, 0.6) is 0 Å². The topological polar surface area (TPSA) is 114 Å². The van der Waals surface area contributed by atoms with E-state index in [4.69, 9.17) is 5.26 Å². The second-order valence-corrected chi connectivity index (χ2v) is 4.66. The van der Waals surface area contributed by atoms with Crippen molar-refractivity contribution in [1.82, 2.24) is 9.78 Å². The Bertz CT molecular complexity index is 775. The second-order valence-electron chi connectivity index (χ2n) is 4.66. The van der Waals surface area contributed by atoms with Gasteiger partial charge in [-0.1, -0.05) is 12.1 Å². The van der Waals surface area contributed by atoms with E-state index in [0.717, 1.165) is 0 Å². The molecule has 0 aliphatic heterocycles. The molecule has 0 aliphatic carbocycles. The van der Waals surface area contributed by atoms with Crippen molar-refractivity contribution in [3.8, 4) is 6.07 Å². The molecule has 0 fully saturated rings. The number of nitrogens with zero attached hydrogens (tertiary/aromatic N) is 4. The van der Waals surface area contributed by atoms with Gasteiger partial charge in [0.15, 0.2) is 0 Å². The highest BCUT2D eigenvalue weighted by atomic mass is 16.6. The van der Waals surface area contributed by atoms with E-state index < -0.39 is 16.9 Å². The Morgan fingerprint density at radius 3 is 2.77 bits per heavy atom. The number of carbonyl (C=O) groups excluding carboxylic acids is 1. The van der Waals surface area contributed by atoms with E-state index in [-0.39, 0.29) is 11.4 Å². The van der Waals surface area contributed by atoms with Gasteiger partial charge in [0.05, 0.1) is 16.2 Å². The van der Waals surface area contributed by atoms with Crippen LogP contribution in [0.4, 0.5) is 11.4 Å². The Labute approximate surface area is 126 Å².